The molecule has 0 saturated carbocycles. The fraction of sp³-hybridized carbons (Fsp3) is 0.923. The van der Waals surface area contributed by atoms with Gasteiger partial charge in [-0.05, 0) is 45.8 Å². The molecule has 0 radical (unpaired) electrons. The van der Waals surface area contributed by atoms with Crippen LogP contribution in [-0.2, 0) is 9.53 Å². The van der Waals surface area contributed by atoms with Gasteiger partial charge in [0.1, 0.15) is 6.04 Å². The number of likely N-dealkylation sites (tertiary alicyclic amines) is 1. The molecule has 1 atom stereocenters. The third-order valence-electron chi connectivity index (χ3n) is 3.34. The lowest BCUT2D eigenvalue weighted by molar-refractivity contribution is -0.144. The van der Waals surface area contributed by atoms with E-state index in [1.807, 2.05) is 0 Å². The lowest BCUT2D eigenvalue weighted by Gasteiger charge is -2.32. The first-order chi connectivity index (χ1) is 8.67. The van der Waals surface area contributed by atoms with Gasteiger partial charge >= 0.3 is 5.97 Å². The van der Waals surface area contributed by atoms with Crippen molar-refractivity contribution in [3.8, 4) is 0 Å². The van der Waals surface area contributed by atoms with Crippen molar-refractivity contribution in [2.45, 2.75) is 45.2 Å². The van der Waals surface area contributed by atoms with Crippen molar-refractivity contribution in [1.29, 1.82) is 0 Å². The van der Waals surface area contributed by atoms with Crippen LogP contribution in [0.4, 0.5) is 0 Å². The van der Waals surface area contributed by atoms with Crippen LogP contribution >= 0.6 is 0 Å². The smallest absolute Gasteiger partial charge is 0.324 e. The summed E-state index contributed by atoms with van der Waals surface area (Å²) in [6, 6.07) is -0.0581. The van der Waals surface area contributed by atoms with Gasteiger partial charge in [-0.2, -0.15) is 0 Å². The molecule has 0 spiro atoms. The summed E-state index contributed by atoms with van der Waals surface area (Å²) in [5.41, 5.74) is 5.75. The van der Waals surface area contributed by atoms with E-state index in [2.05, 4.69) is 17.1 Å². The summed E-state index contributed by atoms with van der Waals surface area (Å²) in [4.78, 5) is 13.8. The number of carbonyl (C=O) groups excluding carboxylic acids is 1. The first-order valence-electron chi connectivity index (χ1n) is 7.05. The average Bonchev–Trinajstić information content (AvgIpc) is 2.38. The molecule has 18 heavy (non-hydrogen) atoms. The molecular weight excluding hydrogens is 230 g/mol. The number of hydrogen-bond acceptors (Lipinski definition) is 5. The summed E-state index contributed by atoms with van der Waals surface area (Å²) in [6.07, 6.45) is 3.48. The van der Waals surface area contributed by atoms with Gasteiger partial charge in [0.2, 0.25) is 0 Å². The molecule has 1 aliphatic heterocycles. The second-order valence-corrected chi connectivity index (χ2v) is 4.88. The van der Waals surface area contributed by atoms with Crippen LogP contribution in [-0.4, -0.2) is 55.7 Å². The Hall–Kier alpha value is -0.650. The van der Waals surface area contributed by atoms with E-state index in [4.69, 9.17) is 10.5 Å². The number of esters is 1. The fourth-order valence-corrected chi connectivity index (χ4v) is 2.30. The summed E-state index contributed by atoms with van der Waals surface area (Å²) in [7, 11) is 0. The van der Waals surface area contributed by atoms with Crippen molar-refractivity contribution in [3.63, 3.8) is 0 Å². The van der Waals surface area contributed by atoms with Crippen molar-refractivity contribution >= 4 is 5.97 Å². The maximum Gasteiger partial charge on any atom is 0.324 e. The minimum absolute atomic E-state index is 0.312. The van der Waals surface area contributed by atoms with Gasteiger partial charge in [0, 0.05) is 12.6 Å². The van der Waals surface area contributed by atoms with E-state index >= 15 is 0 Å². The van der Waals surface area contributed by atoms with Crippen LogP contribution in [0.2, 0.25) is 0 Å². The van der Waals surface area contributed by atoms with E-state index in [-0.39, 0.29) is 5.97 Å². The molecule has 5 nitrogen and oxygen atoms in total. The second kappa shape index (κ2) is 8.45. The molecule has 3 N–H and O–H groups in total. The van der Waals surface area contributed by atoms with Crippen LogP contribution in [0.5, 0.6) is 0 Å². The zero-order chi connectivity index (χ0) is 13.4. The minimum atomic E-state index is -0.543. The van der Waals surface area contributed by atoms with E-state index in [1.165, 1.54) is 13.0 Å². The molecule has 0 aliphatic carbocycles. The standard InChI is InChI=1S/C13H27N3O2/c1-3-7-16-8-5-11(6-9-16)15-10-12(14)13(17)18-4-2/h11-12,15H,3-10,14H2,1-2H3. The molecule has 0 bridgehead atoms. The number of nitrogens with zero attached hydrogens (tertiary/aromatic N) is 1. The van der Waals surface area contributed by atoms with Crippen molar-refractivity contribution < 1.29 is 9.53 Å². The summed E-state index contributed by atoms with van der Waals surface area (Å²) in [5.74, 6) is -0.312. The molecule has 0 aromatic carbocycles. The molecule has 0 amide bonds. The molecule has 1 saturated heterocycles. The Morgan fingerprint density at radius 1 is 1.44 bits per heavy atom. The Balaban J connectivity index is 2.15. The van der Waals surface area contributed by atoms with E-state index in [1.54, 1.807) is 6.92 Å². The number of ether oxygens (including phenoxy) is 1. The first kappa shape index (κ1) is 15.4. The zero-order valence-electron chi connectivity index (χ0n) is 11.7. The van der Waals surface area contributed by atoms with Gasteiger partial charge < -0.3 is 20.7 Å². The summed E-state index contributed by atoms with van der Waals surface area (Å²) in [5, 5.41) is 3.37. The highest BCUT2D eigenvalue weighted by Gasteiger charge is 2.20. The largest absolute Gasteiger partial charge is 0.465 e. The lowest BCUT2D eigenvalue weighted by Crippen LogP contribution is -2.48. The fourth-order valence-electron chi connectivity index (χ4n) is 2.30. The molecule has 1 rings (SSSR count). The van der Waals surface area contributed by atoms with E-state index in [0.29, 0.717) is 19.2 Å². The predicted octanol–water partition coefficient (Wildman–Crippen LogP) is 0.341. The Kier molecular flexibility index (Phi) is 7.23. The highest BCUT2D eigenvalue weighted by atomic mass is 16.5. The molecule has 1 heterocycles. The Labute approximate surface area is 110 Å². The number of nitrogens with one attached hydrogen (secondary N) is 1. The molecule has 1 unspecified atom stereocenters. The lowest BCUT2D eigenvalue weighted by atomic mass is 10.0. The van der Waals surface area contributed by atoms with Gasteiger partial charge in [0.05, 0.1) is 6.61 Å². The average molecular weight is 257 g/mol. The maximum atomic E-state index is 11.4. The van der Waals surface area contributed by atoms with Gasteiger partial charge in [-0.3, -0.25) is 4.79 Å². The molecular formula is C13H27N3O2. The molecule has 106 valence electrons. The molecule has 0 aromatic heterocycles. The van der Waals surface area contributed by atoms with Crippen LogP contribution < -0.4 is 11.1 Å². The third kappa shape index (κ3) is 5.33. The minimum Gasteiger partial charge on any atom is -0.465 e. The molecule has 5 heteroatoms. The van der Waals surface area contributed by atoms with E-state index in [0.717, 1.165) is 25.9 Å². The van der Waals surface area contributed by atoms with E-state index < -0.39 is 6.04 Å². The summed E-state index contributed by atoms with van der Waals surface area (Å²) >= 11 is 0. The normalized spacial score (nSPS) is 19.7. The summed E-state index contributed by atoms with van der Waals surface area (Å²) in [6.45, 7) is 8.37. The highest BCUT2D eigenvalue weighted by Crippen LogP contribution is 2.10. The highest BCUT2D eigenvalue weighted by molar-refractivity contribution is 5.75. The Morgan fingerprint density at radius 2 is 2.11 bits per heavy atom. The second-order valence-electron chi connectivity index (χ2n) is 4.88. The Bertz CT molecular complexity index is 240. The van der Waals surface area contributed by atoms with Crippen molar-refractivity contribution in [3.05, 3.63) is 0 Å². The topological polar surface area (TPSA) is 67.6 Å². The van der Waals surface area contributed by atoms with Crippen molar-refractivity contribution in [2.24, 2.45) is 5.73 Å². The monoisotopic (exact) mass is 257 g/mol. The maximum absolute atomic E-state index is 11.4. The van der Waals surface area contributed by atoms with Gasteiger partial charge in [-0.1, -0.05) is 6.92 Å². The number of carbonyl (C=O) groups is 1. The first-order valence-corrected chi connectivity index (χ1v) is 7.05. The van der Waals surface area contributed by atoms with Gasteiger partial charge in [-0.15, -0.1) is 0 Å². The van der Waals surface area contributed by atoms with Crippen LogP contribution in [0.25, 0.3) is 0 Å². The van der Waals surface area contributed by atoms with Gasteiger partial charge in [0.25, 0.3) is 0 Å². The summed E-state index contributed by atoms with van der Waals surface area (Å²) < 4.78 is 4.88. The third-order valence-corrected chi connectivity index (χ3v) is 3.34. The number of rotatable bonds is 7. The number of piperidine rings is 1. The Morgan fingerprint density at radius 3 is 2.67 bits per heavy atom. The molecule has 1 aliphatic rings. The van der Waals surface area contributed by atoms with E-state index in [9.17, 15) is 4.79 Å². The van der Waals surface area contributed by atoms with Gasteiger partial charge in [-0.25, -0.2) is 0 Å². The quantitative estimate of drug-likeness (QED) is 0.644. The van der Waals surface area contributed by atoms with Crippen LogP contribution in [0, 0.1) is 0 Å². The van der Waals surface area contributed by atoms with Crippen molar-refractivity contribution in [2.75, 3.05) is 32.8 Å². The molecule has 0 aromatic rings. The van der Waals surface area contributed by atoms with Crippen molar-refractivity contribution in [1.82, 2.24) is 10.2 Å². The predicted molar refractivity (Wildman–Crippen MR) is 72.4 cm³/mol. The molecule has 1 fully saturated rings. The van der Waals surface area contributed by atoms with Crippen LogP contribution in [0.15, 0.2) is 0 Å². The SMILES string of the molecule is CCCN1CCC(NCC(N)C(=O)OCC)CC1. The van der Waals surface area contributed by atoms with Crippen LogP contribution in [0.3, 0.4) is 0 Å². The van der Waals surface area contributed by atoms with Gasteiger partial charge in [0.15, 0.2) is 0 Å². The zero-order valence-corrected chi connectivity index (χ0v) is 11.7. The van der Waals surface area contributed by atoms with Crippen LogP contribution in [0.1, 0.15) is 33.1 Å². The number of hydrogen-bond donors (Lipinski definition) is 2. The number of nitrogens with two attached hydrogens (primary N) is 1.